The summed E-state index contributed by atoms with van der Waals surface area (Å²) in [5.41, 5.74) is 6.16. The van der Waals surface area contributed by atoms with Gasteiger partial charge in [0.25, 0.3) is 0 Å². The molecule has 2 aliphatic rings. The molecule has 0 spiro atoms. The lowest BCUT2D eigenvalue weighted by molar-refractivity contribution is -0.121. The highest BCUT2D eigenvalue weighted by Gasteiger charge is 2.59. The van der Waals surface area contributed by atoms with Crippen LogP contribution in [0.2, 0.25) is 0 Å². The third-order valence-electron chi connectivity index (χ3n) is 5.59. The molecule has 4 unspecified atom stereocenters. The van der Waals surface area contributed by atoms with Gasteiger partial charge in [-0.3, -0.25) is 4.79 Å². The third-order valence-corrected chi connectivity index (χ3v) is 5.59. The Kier molecular flexibility index (Phi) is 3.25. The summed E-state index contributed by atoms with van der Waals surface area (Å²) in [4.78, 5) is 11.6. The Morgan fingerprint density at radius 3 is 2.33 bits per heavy atom. The zero-order valence-electron chi connectivity index (χ0n) is 12.4. The van der Waals surface area contributed by atoms with E-state index in [1.165, 1.54) is 19.3 Å². The van der Waals surface area contributed by atoms with E-state index in [1.807, 2.05) is 0 Å². The van der Waals surface area contributed by atoms with Crippen molar-refractivity contribution >= 4 is 5.91 Å². The first-order valence-corrected chi connectivity index (χ1v) is 7.24. The van der Waals surface area contributed by atoms with Gasteiger partial charge in [0.2, 0.25) is 5.91 Å². The van der Waals surface area contributed by atoms with Gasteiger partial charge < -0.3 is 11.1 Å². The zero-order chi connectivity index (χ0) is 13.7. The number of nitrogens with two attached hydrogens (primary N) is 1. The number of hydrogen-bond acceptors (Lipinski definition) is 2. The summed E-state index contributed by atoms with van der Waals surface area (Å²) in [6.45, 7) is 11.2. The van der Waals surface area contributed by atoms with Gasteiger partial charge in [0.1, 0.15) is 0 Å². The van der Waals surface area contributed by atoms with Crippen LogP contribution in [0.4, 0.5) is 0 Å². The average molecular weight is 252 g/mol. The molecule has 0 radical (unpaired) electrons. The number of primary amides is 1. The van der Waals surface area contributed by atoms with Gasteiger partial charge >= 0.3 is 0 Å². The molecule has 0 saturated heterocycles. The number of carbonyl (C=O) groups is 1. The van der Waals surface area contributed by atoms with Gasteiger partial charge in [-0.05, 0) is 41.9 Å². The van der Waals surface area contributed by atoms with Gasteiger partial charge in [-0.15, -0.1) is 0 Å². The smallest absolute Gasteiger partial charge is 0.234 e. The molecule has 2 aliphatic carbocycles. The number of carbonyl (C=O) groups excluding carboxylic acids is 1. The van der Waals surface area contributed by atoms with Gasteiger partial charge in [-0.1, -0.05) is 34.6 Å². The Bertz CT molecular complexity index is 346. The molecule has 0 aromatic rings. The SMILES string of the molecule is CC(C)C(NC1C2(C)CCC(C2)C1(C)C)C(N)=O. The molecular formula is C15H28N2O. The molecule has 2 bridgehead atoms. The van der Waals surface area contributed by atoms with Crippen LogP contribution in [0.5, 0.6) is 0 Å². The molecule has 2 saturated carbocycles. The molecule has 0 aromatic carbocycles. The summed E-state index contributed by atoms with van der Waals surface area (Å²) in [6, 6.07) is 0.203. The summed E-state index contributed by atoms with van der Waals surface area (Å²) in [5.74, 6) is 0.828. The molecule has 0 heterocycles. The zero-order valence-corrected chi connectivity index (χ0v) is 12.4. The van der Waals surface area contributed by atoms with Crippen LogP contribution in [0.3, 0.4) is 0 Å². The van der Waals surface area contributed by atoms with Crippen molar-refractivity contribution in [2.24, 2.45) is 28.4 Å². The summed E-state index contributed by atoms with van der Waals surface area (Å²) >= 11 is 0. The molecule has 0 aromatic heterocycles. The number of nitrogens with one attached hydrogen (secondary N) is 1. The van der Waals surface area contributed by atoms with E-state index in [1.54, 1.807) is 0 Å². The van der Waals surface area contributed by atoms with Crippen LogP contribution in [0, 0.1) is 22.7 Å². The largest absolute Gasteiger partial charge is 0.368 e. The quantitative estimate of drug-likeness (QED) is 0.806. The average Bonchev–Trinajstić information content (AvgIpc) is 2.67. The second-order valence-electron chi connectivity index (χ2n) is 7.64. The maximum atomic E-state index is 11.6. The monoisotopic (exact) mass is 252 g/mol. The standard InChI is InChI=1S/C15H28N2O/c1-9(2)11(12(16)18)17-13-14(3,4)10-6-7-15(13,5)8-10/h9-11,13,17H,6-8H2,1-5H3,(H2,16,18). The second kappa shape index (κ2) is 4.22. The van der Waals surface area contributed by atoms with Crippen molar-refractivity contribution in [2.75, 3.05) is 0 Å². The fraction of sp³-hybridized carbons (Fsp3) is 0.933. The maximum absolute atomic E-state index is 11.6. The van der Waals surface area contributed by atoms with Crippen molar-refractivity contribution in [3.8, 4) is 0 Å². The molecule has 2 fully saturated rings. The van der Waals surface area contributed by atoms with Gasteiger partial charge in [0.05, 0.1) is 6.04 Å². The van der Waals surface area contributed by atoms with E-state index in [2.05, 4.69) is 39.9 Å². The van der Waals surface area contributed by atoms with Gasteiger partial charge in [-0.25, -0.2) is 0 Å². The number of hydrogen-bond donors (Lipinski definition) is 2. The summed E-state index contributed by atoms with van der Waals surface area (Å²) in [5, 5.41) is 3.60. The van der Waals surface area contributed by atoms with Crippen molar-refractivity contribution in [2.45, 2.75) is 66.0 Å². The Morgan fingerprint density at radius 1 is 1.33 bits per heavy atom. The second-order valence-corrected chi connectivity index (χ2v) is 7.64. The Labute approximate surface area is 111 Å². The van der Waals surface area contributed by atoms with E-state index in [9.17, 15) is 4.79 Å². The molecule has 18 heavy (non-hydrogen) atoms. The van der Waals surface area contributed by atoms with E-state index >= 15 is 0 Å². The predicted octanol–water partition coefficient (Wildman–Crippen LogP) is 2.30. The minimum atomic E-state index is -0.216. The van der Waals surface area contributed by atoms with Crippen LogP contribution in [0.1, 0.15) is 53.9 Å². The first kappa shape index (κ1) is 13.9. The molecule has 2 rings (SSSR count). The van der Waals surface area contributed by atoms with E-state index < -0.39 is 0 Å². The topological polar surface area (TPSA) is 55.1 Å². The van der Waals surface area contributed by atoms with Crippen LogP contribution < -0.4 is 11.1 Å². The van der Waals surface area contributed by atoms with Crippen molar-refractivity contribution in [1.29, 1.82) is 0 Å². The minimum absolute atomic E-state index is 0.203. The Morgan fingerprint density at radius 2 is 1.94 bits per heavy atom. The van der Waals surface area contributed by atoms with E-state index in [-0.39, 0.29) is 23.3 Å². The Hall–Kier alpha value is -0.570. The number of amides is 1. The fourth-order valence-corrected chi connectivity index (χ4v) is 4.50. The van der Waals surface area contributed by atoms with Crippen LogP contribution in [-0.2, 0) is 4.79 Å². The first-order valence-electron chi connectivity index (χ1n) is 7.24. The Balaban J connectivity index is 2.20. The minimum Gasteiger partial charge on any atom is -0.368 e. The van der Waals surface area contributed by atoms with E-state index in [0.717, 1.165) is 5.92 Å². The lowest BCUT2D eigenvalue weighted by Crippen LogP contribution is -2.58. The normalized spacial score (nSPS) is 39.2. The van der Waals surface area contributed by atoms with Crippen molar-refractivity contribution in [1.82, 2.24) is 5.32 Å². The lowest BCUT2D eigenvalue weighted by Gasteiger charge is -2.45. The summed E-state index contributed by atoms with van der Waals surface area (Å²) < 4.78 is 0. The van der Waals surface area contributed by atoms with Crippen LogP contribution in [0.15, 0.2) is 0 Å². The molecule has 4 atom stereocenters. The van der Waals surface area contributed by atoms with Gasteiger partial charge in [-0.2, -0.15) is 0 Å². The van der Waals surface area contributed by atoms with Crippen LogP contribution in [0.25, 0.3) is 0 Å². The van der Waals surface area contributed by atoms with Crippen molar-refractivity contribution in [3.63, 3.8) is 0 Å². The maximum Gasteiger partial charge on any atom is 0.234 e. The molecule has 3 heteroatoms. The highest BCUT2D eigenvalue weighted by molar-refractivity contribution is 5.80. The van der Waals surface area contributed by atoms with Crippen molar-refractivity contribution < 1.29 is 4.79 Å². The van der Waals surface area contributed by atoms with Gasteiger partial charge in [0.15, 0.2) is 0 Å². The first-order chi connectivity index (χ1) is 8.18. The van der Waals surface area contributed by atoms with Gasteiger partial charge in [0, 0.05) is 6.04 Å². The molecule has 104 valence electrons. The molecule has 3 N–H and O–H groups in total. The highest BCUT2D eigenvalue weighted by atomic mass is 16.1. The third kappa shape index (κ3) is 1.97. The number of fused-ring (bicyclic) bond motifs is 2. The molecule has 3 nitrogen and oxygen atoms in total. The summed E-state index contributed by atoms with van der Waals surface area (Å²) in [7, 11) is 0. The molecular weight excluding hydrogens is 224 g/mol. The molecule has 0 aliphatic heterocycles. The van der Waals surface area contributed by atoms with E-state index in [0.29, 0.717) is 11.5 Å². The van der Waals surface area contributed by atoms with Crippen LogP contribution >= 0.6 is 0 Å². The van der Waals surface area contributed by atoms with Crippen molar-refractivity contribution in [3.05, 3.63) is 0 Å². The summed E-state index contributed by atoms with van der Waals surface area (Å²) in [6.07, 6.45) is 3.91. The highest BCUT2D eigenvalue weighted by Crippen LogP contribution is 2.62. The number of rotatable bonds is 4. The lowest BCUT2D eigenvalue weighted by atomic mass is 9.68. The van der Waals surface area contributed by atoms with E-state index in [4.69, 9.17) is 5.73 Å². The fourth-order valence-electron chi connectivity index (χ4n) is 4.50. The molecule has 1 amide bonds. The van der Waals surface area contributed by atoms with Crippen LogP contribution in [-0.4, -0.2) is 18.0 Å². The predicted molar refractivity (Wildman–Crippen MR) is 74.0 cm³/mol.